The van der Waals surface area contributed by atoms with Crippen LogP contribution in [0.25, 0.3) is 0 Å². The first kappa shape index (κ1) is 11.5. The lowest BCUT2D eigenvalue weighted by molar-refractivity contribution is 0.103. The zero-order chi connectivity index (χ0) is 12.4. The molecular formula is C14H15NO2. The number of nitrogens with one attached hydrogen (secondary N) is 1. The fourth-order valence-corrected chi connectivity index (χ4v) is 1.85. The average molecular weight is 229 g/mol. The van der Waals surface area contributed by atoms with Crippen molar-refractivity contribution in [1.29, 1.82) is 0 Å². The number of methoxy groups -OCH3 is 1. The highest BCUT2D eigenvalue weighted by atomic mass is 16.5. The molecule has 17 heavy (non-hydrogen) atoms. The summed E-state index contributed by atoms with van der Waals surface area (Å²) >= 11 is 0. The number of hydrogen-bond donors (Lipinski definition) is 1. The summed E-state index contributed by atoms with van der Waals surface area (Å²) in [6, 6.07) is 9.10. The van der Waals surface area contributed by atoms with Crippen LogP contribution >= 0.6 is 0 Å². The van der Waals surface area contributed by atoms with Gasteiger partial charge < -0.3 is 9.72 Å². The first-order chi connectivity index (χ1) is 8.11. The van der Waals surface area contributed by atoms with Gasteiger partial charge in [-0.2, -0.15) is 0 Å². The van der Waals surface area contributed by atoms with Crippen LogP contribution < -0.4 is 4.74 Å². The van der Waals surface area contributed by atoms with Gasteiger partial charge in [-0.3, -0.25) is 4.79 Å². The zero-order valence-electron chi connectivity index (χ0n) is 10.2. The first-order valence-corrected chi connectivity index (χ1v) is 5.47. The van der Waals surface area contributed by atoms with E-state index >= 15 is 0 Å². The molecule has 0 saturated carbocycles. The van der Waals surface area contributed by atoms with E-state index in [0.29, 0.717) is 11.3 Å². The maximum Gasteiger partial charge on any atom is 0.209 e. The summed E-state index contributed by atoms with van der Waals surface area (Å²) in [6.07, 6.45) is 0. The Labute approximate surface area is 100 Å². The molecule has 1 N–H and O–H groups in total. The largest absolute Gasteiger partial charge is 0.497 e. The van der Waals surface area contributed by atoms with Gasteiger partial charge in [-0.25, -0.2) is 0 Å². The minimum absolute atomic E-state index is 0.0123. The van der Waals surface area contributed by atoms with Crippen molar-refractivity contribution in [3.8, 4) is 5.75 Å². The van der Waals surface area contributed by atoms with Crippen LogP contribution in [0.4, 0.5) is 0 Å². The Bertz CT molecular complexity index is 538. The molecule has 0 amide bonds. The van der Waals surface area contributed by atoms with Crippen molar-refractivity contribution in [2.75, 3.05) is 7.11 Å². The third kappa shape index (κ3) is 2.23. The molecule has 1 heterocycles. The lowest BCUT2D eigenvalue weighted by atomic mass is 10.1. The van der Waals surface area contributed by atoms with E-state index in [9.17, 15) is 4.79 Å². The zero-order valence-corrected chi connectivity index (χ0v) is 10.2. The Kier molecular flexibility index (Phi) is 3.00. The van der Waals surface area contributed by atoms with E-state index in [2.05, 4.69) is 4.98 Å². The number of ketones is 1. The number of hydrogen-bond acceptors (Lipinski definition) is 2. The summed E-state index contributed by atoms with van der Waals surface area (Å²) < 4.78 is 5.06. The summed E-state index contributed by atoms with van der Waals surface area (Å²) in [4.78, 5) is 15.3. The molecule has 0 unspecified atom stereocenters. The van der Waals surface area contributed by atoms with E-state index < -0.39 is 0 Å². The van der Waals surface area contributed by atoms with Crippen LogP contribution in [0.2, 0.25) is 0 Å². The van der Waals surface area contributed by atoms with Crippen molar-refractivity contribution < 1.29 is 9.53 Å². The van der Waals surface area contributed by atoms with Gasteiger partial charge in [-0.1, -0.05) is 0 Å². The van der Waals surface area contributed by atoms with Gasteiger partial charge in [0.15, 0.2) is 0 Å². The van der Waals surface area contributed by atoms with Gasteiger partial charge in [0, 0.05) is 11.3 Å². The number of rotatable bonds is 3. The predicted molar refractivity (Wildman–Crippen MR) is 66.7 cm³/mol. The molecular weight excluding hydrogens is 214 g/mol. The van der Waals surface area contributed by atoms with Crippen LogP contribution in [-0.2, 0) is 0 Å². The van der Waals surface area contributed by atoms with Crippen molar-refractivity contribution in [3.05, 3.63) is 52.8 Å². The minimum Gasteiger partial charge on any atom is -0.497 e. The number of aromatic nitrogens is 1. The van der Waals surface area contributed by atoms with Crippen LogP contribution in [0.5, 0.6) is 5.75 Å². The van der Waals surface area contributed by atoms with E-state index in [1.165, 1.54) is 0 Å². The topological polar surface area (TPSA) is 42.1 Å². The SMILES string of the molecule is COc1ccc(C(=O)c2[nH]c(C)cc2C)cc1. The van der Waals surface area contributed by atoms with Crippen LogP contribution in [-0.4, -0.2) is 17.9 Å². The smallest absolute Gasteiger partial charge is 0.209 e. The molecule has 3 nitrogen and oxygen atoms in total. The molecule has 0 saturated heterocycles. The standard InChI is InChI=1S/C14H15NO2/c1-9-8-10(2)15-13(9)14(16)11-4-6-12(17-3)7-5-11/h4-8,15H,1-3H3. The Morgan fingerprint density at radius 1 is 1.18 bits per heavy atom. The molecule has 1 aromatic heterocycles. The third-order valence-electron chi connectivity index (χ3n) is 2.73. The molecule has 0 spiro atoms. The van der Waals surface area contributed by atoms with E-state index in [4.69, 9.17) is 4.74 Å². The van der Waals surface area contributed by atoms with Gasteiger partial charge in [0.05, 0.1) is 12.8 Å². The summed E-state index contributed by atoms with van der Waals surface area (Å²) in [7, 11) is 1.61. The Hall–Kier alpha value is -2.03. The predicted octanol–water partition coefficient (Wildman–Crippen LogP) is 2.87. The molecule has 0 atom stereocenters. The fourth-order valence-electron chi connectivity index (χ4n) is 1.85. The number of ether oxygens (including phenoxy) is 1. The van der Waals surface area contributed by atoms with Crippen LogP contribution in [0.15, 0.2) is 30.3 Å². The van der Waals surface area contributed by atoms with Gasteiger partial charge in [0.2, 0.25) is 5.78 Å². The van der Waals surface area contributed by atoms with Gasteiger partial charge >= 0.3 is 0 Å². The quantitative estimate of drug-likeness (QED) is 0.822. The number of benzene rings is 1. The average Bonchev–Trinajstić information content (AvgIpc) is 2.68. The van der Waals surface area contributed by atoms with Gasteiger partial charge in [0.1, 0.15) is 5.75 Å². The maximum atomic E-state index is 12.2. The van der Waals surface area contributed by atoms with Crippen molar-refractivity contribution in [2.45, 2.75) is 13.8 Å². The molecule has 0 aliphatic heterocycles. The van der Waals surface area contributed by atoms with E-state index in [-0.39, 0.29) is 5.78 Å². The molecule has 0 fully saturated rings. The number of aryl methyl sites for hydroxylation is 2. The lowest BCUT2D eigenvalue weighted by Crippen LogP contribution is -2.03. The van der Waals surface area contributed by atoms with Gasteiger partial charge in [0.25, 0.3) is 0 Å². The van der Waals surface area contributed by atoms with Crippen molar-refractivity contribution in [3.63, 3.8) is 0 Å². The first-order valence-electron chi connectivity index (χ1n) is 5.47. The highest BCUT2D eigenvalue weighted by molar-refractivity contribution is 6.08. The van der Waals surface area contributed by atoms with Crippen LogP contribution in [0, 0.1) is 13.8 Å². The highest BCUT2D eigenvalue weighted by Crippen LogP contribution is 2.17. The van der Waals surface area contributed by atoms with Crippen molar-refractivity contribution >= 4 is 5.78 Å². The molecule has 0 bridgehead atoms. The number of H-pyrrole nitrogens is 1. The van der Waals surface area contributed by atoms with Crippen molar-refractivity contribution in [2.24, 2.45) is 0 Å². The maximum absolute atomic E-state index is 12.2. The van der Waals surface area contributed by atoms with Crippen molar-refractivity contribution in [1.82, 2.24) is 4.98 Å². The summed E-state index contributed by atoms with van der Waals surface area (Å²) in [6.45, 7) is 3.87. The summed E-state index contributed by atoms with van der Waals surface area (Å²) in [5.41, 5.74) is 3.30. The van der Waals surface area contributed by atoms with E-state index in [1.54, 1.807) is 31.4 Å². The van der Waals surface area contributed by atoms with Gasteiger partial charge in [-0.05, 0) is 49.7 Å². The Morgan fingerprint density at radius 2 is 1.82 bits per heavy atom. The second kappa shape index (κ2) is 4.45. The second-order valence-corrected chi connectivity index (χ2v) is 4.07. The highest BCUT2D eigenvalue weighted by Gasteiger charge is 2.13. The molecule has 2 rings (SSSR count). The van der Waals surface area contributed by atoms with Crippen LogP contribution in [0.1, 0.15) is 27.3 Å². The summed E-state index contributed by atoms with van der Waals surface area (Å²) in [5, 5.41) is 0. The van der Waals surface area contributed by atoms with Crippen LogP contribution in [0.3, 0.4) is 0 Å². The monoisotopic (exact) mass is 229 g/mol. The third-order valence-corrected chi connectivity index (χ3v) is 2.73. The number of aromatic amines is 1. The molecule has 1 aromatic carbocycles. The molecule has 0 radical (unpaired) electrons. The molecule has 3 heteroatoms. The number of carbonyl (C=O) groups excluding carboxylic acids is 1. The summed E-state index contributed by atoms with van der Waals surface area (Å²) in [5.74, 6) is 0.763. The molecule has 2 aromatic rings. The Morgan fingerprint density at radius 3 is 2.29 bits per heavy atom. The molecule has 88 valence electrons. The fraction of sp³-hybridized carbons (Fsp3) is 0.214. The number of carbonyl (C=O) groups is 1. The molecule has 0 aliphatic carbocycles. The van der Waals surface area contributed by atoms with E-state index in [0.717, 1.165) is 17.0 Å². The van der Waals surface area contributed by atoms with Gasteiger partial charge in [-0.15, -0.1) is 0 Å². The normalized spacial score (nSPS) is 10.3. The lowest BCUT2D eigenvalue weighted by Gasteiger charge is -2.02. The second-order valence-electron chi connectivity index (χ2n) is 4.07. The Balaban J connectivity index is 2.33. The molecule has 0 aliphatic rings. The minimum atomic E-state index is 0.0123. The van der Waals surface area contributed by atoms with E-state index in [1.807, 2.05) is 19.9 Å².